The molecular formula is C10H17NOS. The predicted molar refractivity (Wildman–Crippen MR) is 56.7 cm³/mol. The van der Waals surface area contributed by atoms with E-state index in [2.05, 4.69) is 29.2 Å². The molecule has 0 saturated heterocycles. The van der Waals surface area contributed by atoms with Crippen LogP contribution in [0.1, 0.15) is 39.3 Å². The minimum absolute atomic E-state index is 0.135. The van der Waals surface area contributed by atoms with Crippen molar-refractivity contribution < 1.29 is 4.84 Å². The van der Waals surface area contributed by atoms with E-state index >= 15 is 0 Å². The van der Waals surface area contributed by atoms with Gasteiger partial charge in [-0.1, -0.05) is 0 Å². The highest BCUT2D eigenvalue weighted by Gasteiger charge is 2.13. The minimum Gasteiger partial charge on any atom is -0.296 e. The monoisotopic (exact) mass is 199 g/mol. The van der Waals surface area contributed by atoms with Gasteiger partial charge in [0.2, 0.25) is 0 Å². The highest BCUT2D eigenvalue weighted by atomic mass is 32.1. The van der Waals surface area contributed by atoms with E-state index in [-0.39, 0.29) is 11.6 Å². The molecule has 13 heavy (non-hydrogen) atoms. The number of hydrogen-bond donors (Lipinski definition) is 1. The summed E-state index contributed by atoms with van der Waals surface area (Å²) in [4.78, 5) is 5.47. The fourth-order valence-electron chi connectivity index (χ4n) is 0.855. The number of nitrogens with one attached hydrogen (secondary N) is 1. The topological polar surface area (TPSA) is 21.3 Å². The second-order valence-corrected chi connectivity index (χ2v) is 4.89. The first-order chi connectivity index (χ1) is 5.99. The van der Waals surface area contributed by atoms with Crippen molar-refractivity contribution in [2.75, 3.05) is 0 Å². The van der Waals surface area contributed by atoms with E-state index in [1.807, 2.05) is 20.8 Å². The summed E-state index contributed by atoms with van der Waals surface area (Å²) in [5, 5.41) is 4.20. The Morgan fingerprint density at radius 2 is 2.15 bits per heavy atom. The zero-order valence-electron chi connectivity index (χ0n) is 8.63. The summed E-state index contributed by atoms with van der Waals surface area (Å²) < 4.78 is 0. The van der Waals surface area contributed by atoms with Crippen LogP contribution in [0.25, 0.3) is 0 Å². The molecule has 0 aliphatic carbocycles. The van der Waals surface area contributed by atoms with Crippen LogP contribution in [0.4, 0.5) is 0 Å². The van der Waals surface area contributed by atoms with Crippen LogP contribution in [0.15, 0.2) is 16.8 Å². The summed E-state index contributed by atoms with van der Waals surface area (Å²) in [5.41, 5.74) is 4.17. The molecule has 1 heterocycles. The summed E-state index contributed by atoms with van der Waals surface area (Å²) >= 11 is 1.71. The van der Waals surface area contributed by atoms with Gasteiger partial charge in [0.05, 0.1) is 11.6 Å². The Morgan fingerprint density at radius 3 is 2.62 bits per heavy atom. The van der Waals surface area contributed by atoms with Crippen molar-refractivity contribution in [3.63, 3.8) is 0 Å². The Labute approximate surface area is 83.9 Å². The molecule has 1 aromatic heterocycles. The Kier molecular flexibility index (Phi) is 3.47. The molecule has 0 bridgehead atoms. The van der Waals surface area contributed by atoms with Crippen molar-refractivity contribution in [1.82, 2.24) is 5.48 Å². The van der Waals surface area contributed by atoms with E-state index in [0.29, 0.717) is 0 Å². The molecule has 0 radical (unpaired) electrons. The maximum atomic E-state index is 5.47. The molecule has 0 aliphatic rings. The lowest BCUT2D eigenvalue weighted by Crippen LogP contribution is -2.30. The van der Waals surface area contributed by atoms with Crippen molar-refractivity contribution >= 4 is 11.3 Å². The molecule has 1 atom stereocenters. The van der Waals surface area contributed by atoms with Crippen molar-refractivity contribution in [2.24, 2.45) is 0 Å². The molecule has 0 spiro atoms. The van der Waals surface area contributed by atoms with Crippen LogP contribution in [0.2, 0.25) is 0 Å². The fraction of sp³-hybridized carbons (Fsp3) is 0.600. The van der Waals surface area contributed by atoms with Gasteiger partial charge in [0.25, 0.3) is 0 Å². The van der Waals surface area contributed by atoms with Gasteiger partial charge < -0.3 is 0 Å². The molecule has 74 valence electrons. The molecule has 0 amide bonds. The average molecular weight is 199 g/mol. The van der Waals surface area contributed by atoms with Crippen molar-refractivity contribution in [3.05, 3.63) is 22.4 Å². The van der Waals surface area contributed by atoms with E-state index in [1.54, 1.807) is 11.3 Å². The van der Waals surface area contributed by atoms with Crippen molar-refractivity contribution in [1.29, 1.82) is 0 Å². The summed E-state index contributed by atoms with van der Waals surface area (Å²) in [6, 6.07) is 2.36. The number of hydroxylamine groups is 1. The molecule has 0 aromatic carbocycles. The third kappa shape index (κ3) is 3.89. The van der Waals surface area contributed by atoms with Gasteiger partial charge in [0, 0.05) is 0 Å². The molecule has 3 heteroatoms. The molecule has 0 aliphatic heterocycles. The molecule has 2 nitrogen and oxygen atoms in total. The van der Waals surface area contributed by atoms with Gasteiger partial charge in [-0.05, 0) is 50.1 Å². The van der Waals surface area contributed by atoms with Crippen LogP contribution in [0, 0.1) is 0 Å². The second-order valence-electron chi connectivity index (χ2n) is 4.11. The lowest BCUT2D eigenvalue weighted by molar-refractivity contribution is -0.0865. The van der Waals surface area contributed by atoms with Crippen LogP contribution in [0.3, 0.4) is 0 Å². The predicted octanol–water partition coefficient (Wildman–Crippen LogP) is 3.13. The van der Waals surface area contributed by atoms with Gasteiger partial charge in [-0.2, -0.15) is 16.8 Å². The van der Waals surface area contributed by atoms with Crippen molar-refractivity contribution in [2.45, 2.75) is 39.3 Å². The quantitative estimate of drug-likeness (QED) is 0.755. The molecule has 1 unspecified atom stereocenters. The van der Waals surface area contributed by atoms with E-state index < -0.39 is 0 Å². The van der Waals surface area contributed by atoms with E-state index in [4.69, 9.17) is 4.84 Å². The summed E-state index contributed by atoms with van der Waals surface area (Å²) in [6.07, 6.45) is 0. The second kappa shape index (κ2) is 4.22. The van der Waals surface area contributed by atoms with Crippen LogP contribution in [-0.4, -0.2) is 5.60 Å². The van der Waals surface area contributed by atoms with Gasteiger partial charge >= 0.3 is 0 Å². The van der Waals surface area contributed by atoms with Crippen LogP contribution >= 0.6 is 11.3 Å². The van der Waals surface area contributed by atoms with Crippen LogP contribution in [-0.2, 0) is 4.84 Å². The number of rotatable bonds is 3. The van der Waals surface area contributed by atoms with Gasteiger partial charge in [-0.15, -0.1) is 0 Å². The third-order valence-electron chi connectivity index (χ3n) is 1.59. The molecule has 0 fully saturated rings. The summed E-state index contributed by atoms with van der Waals surface area (Å²) in [7, 11) is 0. The highest BCUT2D eigenvalue weighted by Crippen LogP contribution is 2.16. The first-order valence-corrected chi connectivity index (χ1v) is 5.39. The molecule has 1 N–H and O–H groups in total. The average Bonchev–Trinajstić information content (AvgIpc) is 2.50. The first-order valence-electron chi connectivity index (χ1n) is 4.45. The molecule has 1 aromatic rings. The Bertz CT molecular complexity index is 238. The molecule has 0 saturated carbocycles. The fourth-order valence-corrected chi connectivity index (χ4v) is 1.61. The molecule has 1 rings (SSSR count). The zero-order valence-corrected chi connectivity index (χ0v) is 9.44. The van der Waals surface area contributed by atoms with E-state index in [0.717, 1.165) is 0 Å². The number of hydrogen-bond acceptors (Lipinski definition) is 3. The molecular weight excluding hydrogens is 182 g/mol. The lowest BCUT2D eigenvalue weighted by Gasteiger charge is -2.22. The standard InChI is InChI=1S/C10H17NOS/c1-8(9-5-6-13-7-9)11-12-10(2,3)4/h5-8,11H,1-4H3. The normalized spacial score (nSPS) is 14.5. The SMILES string of the molecule is CC(NOC(C)(C)C)c1ccsc1. The Morgan fingerprint density at radius 1 is 1.46 bits per heavy atom. The summed E-state index contributed by atoms with van der Waals surface area (Å²) in [5.74, 6) is 0. The van der Waals surface area contributed by atoms with Crippen LogP contribution < -0.4 is 5.48 Å². The van der Waals surface area contributed by atoms with Gasteiger partial charge in [0.15, 0.2) is 0 Å². The maximum Gasteiger partial charge on any atom is 0.0813 e. The smallest absolute Gasteiger partial charge is 0.0813 e. The largest absolute Gasteiger partial charge is 0.296 e. The lowest BCUT2D eigenvalue weighted by atomic mass is 10.2. The van der Waals surface area contributed by atoms with Gasteiger partial charge in [-0.3, -0.25) is 4.84 Å². The van der Waals surface area contributed by atoms with Crippen LogP contribution in [0.5, 0.6) is 0 Å². The summed E-state index contributed by atoms with van der Waals surface area (Å²) in [6.45, 7) is 8.18. The van der Waals surface area contributed by atoms with Crippen molar-refractivity contribution in [3.8, 4) is 0 Å². The Hall–Kier alpha value is -0.380. The Balaban J connectivity index is 2.39. The zero-order chi connectivity index (χ0) is 9.90. The minimum atomic E-state index is -0.135. The van der Waals surface area contributed by atoms with E-state index in [1.165, 1.54) is 5.56 Å². The number of thiophene rings is 1. The maximum absolute atomic E-state index is 5.47. The van der Waals surface area contributed by atoms with Gasteiger partial charge in [0.1, 0.15) is 0 Å². The van der Waals surface area contributed by atoms with E-state index in [9.17, 15) is 0 Å². The third-order valence-corrected chi connectivity index (χ3v) is 2.29. The highest BCUT2D eigenvalue weighted by molar-refractivity contribution is 7.07. The first kappa shape index (κ1) is 10.7. The van der Waals surface area contributed by atoms with Gasteiger partial charge in [-0.25, -0.2) is 0 Å².